The molecule has 6 nitrogen and oxygen atoms in total. The average Bonchev–Trinajstić information content (AvgIpc) is 2.54. The summed E-state index contributed by atoms with van der Waals surface area (Å²) in [6, 6.07) is 5.64. The van der Waals surface area contributed by atoms with E-state index >= 15 is 0 Å². The summed E-state index contributed by atoms with van der Waals surface area (Å²) in [5, 5.41) is 0. The topological polar surface area (TPSA) is 89.7 Å². The zero-order valence-corrected chi connectivity index (χ0v) is 14.0. The molecule has 0 bridgehead atoms. The van der Waals surface area contributed by atoms with Crippen molar-refractivity contribution < 1.29 is 17.9 Å². The maximum absolute atomic E-state index is 12.7. The Balaban J connectivity index is 0.00000242. The molecule has 0 radical (unpaired) electrons. The molecule has 1 aliphatic rings. The van der Waals surface area contributed by atoms with E-state index in [9.17, 15) is 13.2 Å². The summed E-state index contributed by atoms with van der Waals surface area (Å²) < 4.78 is 31.4. The van der Waals surface area contributed by atoms with Crippen molar-refractivity contribution in [2.45, 2.75) is 30.2 Å². The number of nitrogens with two attached hydrogens (primary N) is 1. The van der Waals surface area contributed by atoms with Crippen LogP contribution in [0, 0.1) is 0 Å². The first-order chi connectivity index (χ1) is 10.0. The lowest BCUT2D eigenvalue weighted by Gasteiger charge is -2.33. The van der Waals surface area contributed by atoms with Gasteiger partial charge in [-0.15, -0.1) is 12.4 Å². The maximum Gasteiger partial charge on any atom is 0.337 e. The highest BCUT2D eigenvalue weighted by atomic mass is 35.5. The molecule has 8 heteroatoms. The molecular formula is C14H21ClN2O4S. The lowest BCUT2D eigenvalue weighted by atomic mass is 10.1. The molecule has 2 rings (SSSR count). The highest BCUT2D eigenvalue weighted by Gasteiger charge is 2.32. The SMILES string of the molecule is COC(=O)c1ccc(S(=O)(=O)N2CCCCC2CN)cc1.Cl. The van der Waals surface area contributed by atoms with Gasteiger partial charge in [-0.1, -0.05) is 6.42 Å². The summed E-state index contributed by atoms with van der Waals surface area (Å²) in [5.41, 5.74) is 6.01. The van der Waals surface area contributed by atoms with Gasteiger partial charge in [-0.05, 0) is 37.1 Å². The molecule has 2 N–H and O–H groups in total. The first-order valence-corrected chi connectivity index (χ1v) is 8.35. The predicted molar refractivity (Wildman–Crippen MR) is 85.6 cm³/mol. The van der Waals surface area contributed by atoms with Crippen molar-refractivity contribution in [1.82, 2.24) is 4.31 Å². The molecule has 22 heavy (non-hydrogen) atoms. The second-order valence-electron chi connectivity index (χ2n) is 5.02. The van der Waals surface area contributed by atoms with Gasteiger partial charge in [-0.25, -0.2) is 13.2 Å². The number of carbonyl (C=O) groups excluding carboxylic acids is 1. The Morgan fingerprint density at radius 1 is 1.32 bits per heavy atom. The van der Waals surface area contributed by atoms with Crippen LogP contribution < -0.4 is 5.73 Å². The molecule has 1 aliphatic heterocycles. The van der Waals surface area contributed by atoms with Crippen LogP contribution in [0.15, 0.2) is 29.2 Å². The number of halogens is 1. The molecule has 1 unspecified atom stereocenters. The third-order valence-electron chi connectivity index (χ3n) is 3.73. The fraction of sp³-hybridized carbons (Fsp3) is 0.500. The largest absolute Gasteiger partial charge is 0.465 e. The first kappa shape index (κ1) is 18.9. The molecule has 1 atom stereocenters. The van der Waals surface area contributed by atoms with Crippen molar-refractivity contribution in [3.8, 4) is 0 Å². The van der Waals surface area contributed by atoms with Gasteiger partial charge < -0.3 is 10.5 Å². The molecule has 1 aromatic rings. The second kappa shape index (κ2) is 7.92. The summed E-state index contributed by atoms with van der Waals surface area (Å²) in [6.45, 7) is 0.808. The molecule has 0 amide bonds. The Hall–Kier alpha value is -1.15. The van der Waals surface area contributed by atoms with Crippen LogP contribution in [0.4, 0.5) is 0 Å². The van der Waals surface area contributed by atoms with E-state index in [0.29, 0.717) is 18.7 Å². The molecule has 1 fully saturated rings. The van der Waals surface area contributed by atoms with Crippen LogP contribution >= 0.6 is 12.4 Å². The van der Waals surface area contributed by atoms with Crippen LogP contribution in [-0.2, 0) is 14.8 Å². The van der Waals surface area contributed by atoms with Gasteiger partial charge in [-0.2, -0.15) is 4.31 Å². The Kier molecular flexibility index (Phi) is 6.80. The fourth-order valence-corrected chi connectivity index (χ4v) is 4.25. The van der Waals surface area contributed by atoms with E-state index < -0.39 is 16.0 Å². The van der Waals surface area contributed by atoms with Crippen molar-refractivity contribution >= 4 is 28.4 Å². The normalized spacial score (nSPS) is 19.3. The van der Waals surface area contributed by atoms with Gasteiger partial charge in [0.25, 0.3) is 0 Å². The van der Waals surface area contributed by atoms with Gasteiger partial charge in [0.1, 0.15) is 0 Å². The van der Waals surface area contributed by atoms with E-state index in [4.69, 9.17) is 5.73 Å². The summed E-state index contributed by atoms with van der Waals surface area (Å²) in [5.74, 6) is -0.489. The third kappa shape index (κ3) is 3.78. The van der Waals surface area contributed by atoms with E-state index in [2.05, 4.69) is 4.74 Å². The number of benzene rings is 1. The molecule has 1 aromatic carbocycles. The highest BCUT2D eigenvalue weighted by Crippen LogP contribution is 2.25. The molecule has 0 aromatic heterocycles. The first-order valence-electron chi connectivity index (χ1n) is 6.91. The number of ether oxygens (including phenoxy) is 1. The molecule has 0 spiro atoms. The van der Waals surface area contributed by atoms with Gasteiger partial charge in [0.05, 0.1) is 17.6 Å². The minimum atomic E-state index is -3.57. The quantitative estimate of drug-likeness (QED) is 0.830. The summed E-state index contributed by atoms with van der Waals surface area (Å²) >= 11 is 0. The second-order valence-corrected chi connectivity index (χ2v) is 6.91. The van der Waals surface area contributed by atoms with Crippen LogP contribution in [0.2, 0.25) is 0 Å². The Morgan fingerprint density at radius 2 is 1.95 bits per heavy atom. The summed E-state index contributed by atoms with van der Waals surface area (Å²) in [6.07, 6.45) is 2.63. The van der Waals surface area contributed by atoms with E-state index in [1.807, 2.05) is 0 Å². The van der Waals surface area contributed by atoms with Crippen LogP contribution in [0.3, 0.4) is 0 Å². The summed E-state index contributed by atoms with van der Waals surface area (Å²) in [7, 11) is -2.29. The highest BCUT2D eigenvalue weighted by molar-refractivity contribution is 7.89. The summed E-state index contributed by atoms with van der Waals surface area (Å²) in [4.78, 5) is 11.6. The lowest BCUT2D eigenvalue weighted by molar-refractivity contribution is 0.0600. The van der Waals surface area contributed by atoms with Crippen molar-refractivity contribution in [3.63, 3.8) is 0 Å². The van der Waals surface area contributed by atoms with E-state index in [1.54, 1.807) is 0 Å². The minimum absolute atomic E-state index is 0. The van der Waals surface area contributed by atoms with Crippen LogP contribution in [0.25, 0.3) is 0 Å². The van der Waals surface area contributed by atoms with Gasteiger partial charge in [0.15, 0.2) is 0 Å². The molecule has 0 saturated carbocycles. The standard InChI is InChI=1S/C14H20N2O4S.ClH/c1-20-14(17)11-5-7-13(8-6-11)21(18,19)16-9-3-2-4-12(16)10-15;/h5-8,12H,2-4,9-10,15H2,1H3;1H. The molecule has 1 saturated heterocycles. The minimum Gasteiger partial charge on any atom is -0.465 e. The smallest absolute Gasteiger partial charge is 0.337 e. The number of rotatable bonds is 4. The van der Waals surface area contributed by atoms with Crippen molar-refractivity contribution in [2.75, 3.05) is 20.2 Å². The number of esters is 1. The Morgan fingerprint density at radius 3 is 2.50 bits per heavy atom. The van der Waals surface area contributed by atoms with Crippen LogP contribution in [0.1, 0.15) is 29.6 Å². The number of nitrogens with zero attached hydrogens (tertiary/aromatic N) is 1. The number of hydrogen-bond acceptors (Lipinski definition) is 5. The number of hydrogen-bond donors (Lipinski definition) is 1. The van der Waals surface area contributed by atoms with Crippen molar-refractivity contribution in [2.24, 2.45) is 5.73 Å². The van der Waals surface area contributed by atoms with E-state index in [0.717, 1.165) is 19.3 Å². The van der Waals surface area contributed by atoms with Crippen molar-refractivity contribution in [3.05, 3.63) is 29.8 Å². The van der Waals surface area contributed by atoms with Gasteiger partial charge in [-0.3, -0.25) is 0 Å². The number of piperidine rings is 1. The van der Waals surface area contributed by atoms with Crippen LogP contribution in [0.5, 0.6) is 0 Å². The van der Waals surface area contributed by atoms with Gasteiger partial charge in [0, 0.05) is 19.1 Å². The molecule has 1 heterocycles. The lowest BCUT2D eigenvalue weighted by Crippen LogP contribution is -2.47. The number of methoxy groups -OCH3 is 1. The zero-order valence-electron chi connectivity index (χ0n) is 12.4. The fourth-order valence-electron chi connectivity index (χ4n) is 2.54. The predicted octanol–water partition coefficient (Wildman–Crippen LogP) is 1.40. The monoisotopic (exact) mass is 348 g/mol. The van der Waals surface area contributed by atoms with Gasteiger partial charge >= 0.3 is 5.97 Å². The molecule has 0 aliphatic carbocycles. The molecular weight excluding hydrogens is 328 g/mol. The number of carbonyl (C=O) groups is 1. The maximum atomic E-state index is 12.7. The van der Waals surface area contributed by atoms with Crippen LogP contribution in [-0.4, -0.2) is 44.9 Å². The Bertz CT molecular complexity index is 604. The van der Waals surface area contributed by atoms with Crippen molar-refractivity contribution in [1.29, 1.82) is 0 Å². The zero-order chi connectivity index (χ0) is 15.5. The van der Waals surface area contributed by atoms with Gasteiger partial charge in [0.2, 0.25) is 10.0 Å². The van der Waals surface area contributed by atoms with E-state index in [1.165, 1.54) is 35.7 Å². The Labute approximate surface area is 137 Å². The number of sulfonamides is 1. The third-order valence-corrected chi connectivity index (χ3v) is 5.69. The van der Waals surface area contributed by atoms with E-state index in [-0.39, 0.29) is 23.3 Å². The molecule has 124 valence electrons. The average molecular weight is 349 g/mol.